The first kappa shape index (κ1) is 21.2. The van der Waals surface area contributed by atoms with Crippen LogP contribution in [0.25, 0.3) is 0 Å². The molecule has 0 atom stereocenters. The average molecular weight is 376 g/mol. The molecular weight excluding hydrogens is 344 g/mol. The molecule has 6 heteroatoms. The van der Waals surface area contributed by atoms with Gasteiger partial charge in [-0.25, -0.2) is 4.79 Å². The summed E-state index contributed by atoms with van der Waals surface area (Å²) in [4.78, 5) is 28.5. The smallest absolute Gasteiger partial charge is 0.410 e. The largest absolute Gasteiger partial charge is 0.444 e. The van der Waals surface area contributed by atoms with Crippen molar-refractivity contribution in [1.29, 1.82) is 0 Å². The molecule has 0 spiro atoms. The molecule has 1 heterocycles. The van der Waals surface area contributed by atoms with Gasteiger partial charge in [0.25, 0.3) is 5.91 Å². The minimum absolute atomic E-state index is 0.0570. The van der Waals surface area contributed by atoms with Crippen LogP contribution >= 0.6 is 0 Å². The number of amides is 2. The highest BCUT2D eigenvalue weighted by Crippen LogP contribution is 2.22. The number of likely N-dealkylation sites (tertiary alicyclic amines) is 1. The minimum atomic E-state index is -0.489. The van der Waals surface area contributed by atoms with Crippen molar-refractivity contribution in [2.24, 2.45) is 5.92 Å². The number of benzene rings is 1. The Morgan fingerprint density at radius 3 is 2.41 bits per heavy atom. The van der Waals surface area contributed by atoms with E-state index in [4.69, 9.17) is 9.47 Å². The van der Waals surface area contributed by atoms with Crippen molar-refractivity contribution in [3.8, 4) is 0 Å². The van der Waals surface area contributed by atoms with E-state index in [1.54, 1.807) is 19.1 Å². The Bertz CT molecular complexity index is 646. The molecule has 0 N–H and O–H groups in total. The highest BCUT2D eigenvalue weighted by molar-refractivity contribution is 5.95. The zero-order valence-electron chi connectivity index (χ0n) is 17.2. The van der Waals surface area contributed by atoms with Crippen LogP contribution in [0.3, 0.4) is 0 Å². The normalized spacial score (nSPS) is 15.5. The number of carbonyl (C=O) groups excluding carboxylic acids is 2. The van der Waals surface area contributed by atoms with E-state index in [9.17, 15) is 9.59 Å². The predicted octanol–water partition coefficient (Wildman–Crippen LogP) is 3.55. The van der Waals surface area contributed by atoms with E-state index in [-0.39, 0.29) is 12.0 Å². The molecule has 1 aromatic carbocycles. The number of piperidine rings is 1. The molecule has 0 radical (unpaired) electrons. The number of ether oxygens (including phenoxy) is 2. The summed E-state index contributed by atoms with van der Waals surface area (Å²) < 4.78 is 10.6. The number of rotatable bonds is 5. The number of hydrogen-bond acceptors (Lipinski definition) is 4. The molecule has 150 valence electrons. The first-order valence-electron chi connectivity index (χ1n) is 9.51. The Hall–Kier alpha value is -2.08. The summed E-state index contributed by atoms with van der Waals surface area (Å²) in [5, 5.41) is 0. The van der Waals surface area contributed by atoms with Crippen molar-refractivity contribution >= 4 is 12.0 Å². The van der Waals surface area contributed by atoms with Gasteiger partial charge in [0.1, 0.15) is 5.60 Å². The summed E-state index contributed by atoms with van der Waals surface area (Å²) >= 11 is 0. The number of hydrogen-bond donors (Lipinski definition) is 0. The molecule has 1 saturated heterocycles. The Morgan fingerprint density at radius 2 is 1.81 bits per heavy atom. The first-order chi connectivity index (χ1) is 12.7. The Morgan fingerprint density at radius 1 is 1.19 bits per heavy atom. The fourth-order valence-corrected chi connectivity index (χ4v) is 3.30. The fraction of sp³-hybridized carbons (Fsp3) is 0.619. The van der Waals surface area contributed by atoms with Crippen molar-refractivity contribution in [2.45, 2.75) is 45.8 Å². The van der Waals surface area contributed by atoms with Gasteiger partial charge in [0.2, 0.25) is 0 Å². The summed E-state index contributed by atoms with van der Waals surface area (Å²) in [6.45, 7) is 8.08. The van der Waals surface area contributed by atoms with E-state index in [0.29, 0.717) is 37.7 Å². The SMILES string of the molecule is COCc1ccccc1C(=O)N1CCC(CN(C)C(=O)OC(C)(C)C)CC1. The third-order valence-corrected chi connectivity index (χ3v) is 4.69. The van der Waals surface area contributed by atoms with Gasteiger partial charge in [-0.3, -0.25) is 4.79 Å². The second-order valence-electron chi connectivity index (χ2n) is 8.19. The molecule has 2 rings (SSSR count). The van der Waals surface area contributed by atoms with Gasteiger partial charge in [0.15, 0.2) is 0 Å². The molecule has 27 heavy (non-hydrogen) atoms. The van der Waals surface area contributed by atoms with Gasteiger partial charge < -0.3 is 19.3 Å². The maximum absolute atomic E-state index is 12.9. The summed E-state index contributed by atoms with van der Waals surface area (Å²) in [6.07, 6.45) is 1.46. The lowest BCUT2D eigenvalue weighted by Gasteiger charge is -2.34. The topological polar surface area (TPSA) is 59.1 Å². The first-order valence-corrected chi connectivity index (χ1v) is 9.51. The maximum atomic E-state index is 12.9. The predicted molar refractivity (Wildman–Crippen MR) is 105 cm³/mol. The molecule has 0 unspecified atom stereocenters. The van der Waals surface area contributed by atoms with E-state index in [2.05, 4.69) is 0 Å². The summed E-state index contributed by atoms with van der Waals surface area (Å²) in [5.74, 6) is 0.433. The van der Waals surface area contributed by atoms with Crippen molar-refractivity contribution in [3.05, 3.63) is 35.4 Å². The molecule has 0 saturated carbocycles. The lowest BCUT2D eigenvalue weighted by atomic mass is 9.95. The van der Waals surface area contributed by atoms with Crippen molar-refractivity contribution in [1.82, 2.24) is 9.80 Å². The minimum Gasteiger partial charge on any atom is -0.444 e. The van der Waals surface area contributed by atoms with E-state index in [1.165, 1.54) is 0 Å². The number of nitrogens with zero attached hydrogens (tertiary/aromatic N) is 2. The van der Waals surface area contributed by atoms with Crippen LogP contribution in [0.1, 0.15) is 49.5 Å². The van der Waals surface area contributed by atoms with Crippen LogP contribution in [-0.4, -0.2) is 61.2 Å². The van der Waals surface area contributed by atoms with Crippen molar-refractivity contribution < 1.29 is 19.1 Å². The fourth-order valence-electron chi connectivity index (χ4n) is 3.30. The Labute approximate surface area is 162 Å². The van der Waals surface area contributed by atoms with E-state index in [1.807, 2.05) is 49.9 Å². The highest BCUT2D eigenvalue weighted by Gasteiger charge is 2.27. The van der Waals surface area contributed by atoms with E-state index in [0.717, 1.165) is 18.4 Å². The standard InChI is InChI=1S/C21H32N2O4/c1-21(2,3)27-20(25)22(4)14-16-10-12-23(13-11-16)19(24)18-9-7-6-8-17(18)15-26-5/h6-9,16H,10-15H2,1-5H3. The Balaban J connectivity index is 1.88. The summed E-state index contributed by atoms with van der Waals surface area (Å²) in [5.41, 5.74) is 1.14. The highest BCUT2D eigenvalue weighted by atomic mass is 16.6. The maximum Gasteiger partial charge on any atom is 0.410 e. The van der Waals surface area contributed by atoms with E-state index >= 15 is 0 Å². The quantitative estimate of drug-likeness (QED) is 0.788. The molecule has 6 nitrogen and oxygen atoms in total. The van der Waals surface area contributed by atoms with Crippen LogP contribution in [0.4, 0.5) is 4.79 Å². The third kappa shape index (κ3) is 6.24. The summed E-state index contributed by atoms with van der Waals surface area (Å²) in [7, 11) is 3.40. The van der Waals surface area contributed by atoms with Crippen LogP contribution in [0.2, 0.25) is 0 Å². The molecule has 0 bridgehead atoms. The van der Waals surface area contributed by atoms with Crippen LogP contribution in [0.5, 0.6) is 0 Å². The molecule has 2 amide bonds. The van der Waals surface area contributed by atoms with Gasteiger partial charge >= 0.3 is 6.09 Å². The molecule has 1 aliphatic rings. The van der Waals surface area contributed by atoms with Gasteiger partial charge in [0.05, 0.1) is 6.61 Å². The van der Waals surface area contributed by atoms with Crippen LogP contribution in [0.15, 0.2) is 24.3 Å². The second-order valence-corrected chi connectivity index (χ2v) is 8.19. The lowest BCUT2D eigenvalue weighted by molar-refractivity contribution is 0.0246. The molecule has 1 aliphatic heterocycles. The molecular formula is C21H32N2O4. The van der Waals surface area contributed by atoms with Crippen LogP contribution in [0, 0.1) is 5.92 Å². The van der Waals surface area contributed by atoms with E-state index < -0.39 is 5.60 Å². The molecule has 1 fully saturated rings. The van der Waals surface area contributed by atoms with Crippen molar-refractivity contribution in [2.75, 3.05) is 33.8 Å². The van der Waals surface area contributed by atoms with Crippen molar-refractivity contribution in [3.63, 3.8) is 0 Å². The average Bonchev–Trinajstić information content (AvgIpc) is 2.61. The Kier molecular flexibility index (Phi) is 7.25. The van der Waals surface area contributed by atoms with Gasteiger partial charge in [-0.1, -0.05) is 18.2 Å². The third-order valence-electron chi connectivity index (χ3n) is 4.69. The molecule has 0 aliphatic carbocycles. The van der Waals surface area contributed by atoms with Gasteiger partial charge in [-0.15, -0.1) is 0 Å². The van der Waals surface area contributed by atoms with Gasteiger partial charge in [-0.05, 0) is 51.2 Å². The lowest BCUT2D eigenvalue weighted by Crippen LogP contribution is -2.43. The zero-order valence-corrected chi connectivity index (χ0v) is 17.2. The molecule has 1 aromatic rings. The zero-order chi connectivity index (χ0) is 20.0. The number of methoxy groups -OCH3 is 1. The summed E-state index contributed by atoms with van der Waals surface area (Å²) in [6, 6.07) is 7.59. The van der Waals surface area contributed by atoms with Crippen LogP contribution in [-0.2, 0) is 16.1 Å². The number of carbonyl (C=O) groups is 2. The second kappa shape index (κ2) is 9.22. The van der Waals surface area contributed by atoms with Crippen LogP contribution < -0.4 is 0 Å². The monoisotopic (exact) mass is 376 g/mol. The van der Waals surface area contributed by atoms with Gasteiger partial charge in [-0.2, -0.15) is 0 Å². The van der Waals surface area contributed by atoms with Gasteiger partial charge in [0, 0.05) is 39.4 Å². The molecule has 0 aromatic heterocycles.